The second-order valence-corrected chi connectivity index (χ2v) is 7.88. The van der Waals surface area contributed by atoms with E-state index in [1.807, 2.05) is 25.1 Å². The molecule has 0 spiro atoms. The molecule has 124 valence electrons. The number of nitrogens with zero attached hydrogens (tertiary/aromatic N) is 2. The van der Waals surface area contributed by atoms with E-state index in [-0.39, 0.29) is 10.5 Å². The summed E-state index contributed by atoms with van der Waals surface area (Å²) in [5, 5.41) is 0. The maximum atomic E-state index is 13.0. The Morgan fingerprint density at radius 3 is 2.71 bits per heavy atom. The Hall–Kier alpha value is -2.54. The van der Waals surface area contributed by atoms with Crippen LogP contribution in [0.2, 0.25) is 0 Å². The molecule has 0 N–H and O–H groups in total. The van der Waals surface area contributed by atoms with E-state index in [9.17, 15) is 13.2 Å². The minimum atomic E-state index is -3.70. The van der Waals surface area contributed by atoms with Crippen LogP contribution in [0.15, 0.2) is 50.5 Å². The molecule has 0 aliphatic carbocycles. The van der Waals surface area contributed by atoms with E-state index in [1.165, 1.54) is 21.0 Å². The highest BCUT2D eigenvalue weighted by atomic mass is 32.2. The fourth-order valence-corrected chi connectivity index (χ4v) is 4.67. The number of fused-ring (bicyclic) bond motifs is 2. The molecule has 3 aromatic rings. The van der Waals surface area contributed by atoms with E-state index in [0.717, 1.165) is 16.8 Å². The number of hydrogen-bond donors (Lipinski definition) is 0. The molecule has 0 fully saturated rings. The van der Waals surface area contributed by atoms with Gasteiger partial charge in [-0.25, -0.2) is 13.2 Å². The molecule has 4 rings (SSSR count). The Morgan fingerprint density at radius 2 is 1.92 bits per heavy atom. The molecule has 1 aliphatic rings. The van der Waals surface area contributed by atoms with Gasteiger partial charge in [-0.2, -0.15) is 0 Å². The summed E-state index contributed by atoms with van der Waals surface area (Å²) in [6.45, 7) is 2.40. The number of benzene rings is 2. The average molecular weight is 344 g/mol. The minimum absolute atomic E-state index is 0.123. The first-order valence-corrected chi connectivity index (χ1v) is 9.04. The predicted octanol–water partition coefficient (Wildman–Crippen LogP) is 2.19. The molecule has 24 heavy (non-hydrogen) atoms. The lowest BCUT2D eigenvalue weighted by atomic mass is 10.1. The van der Waals surface area contributed by atoms with Crippen molar-refractivity contribution in [1.82, 2.24) is 4.57 Å². The summed E-state index contributed by atoms with van der Waals surface area (Å²) in [5.74, 6) is -0.512. The molecule has 0 radical (unpaired) electrons. The van der Waals surface area contributed by atoms with Crippen LogP contribution < -0.4 is 10.1 Å². The van der Waals surface area contributed by atoms with Crippen molar-refractivity contribution in [3.63, 3.8) is 0 Å². The van der Waals surface area contributed by atoms with Gasteiger partial charge >= 0.3 is 5.76 Å². The number of sulfonamides is 1. The molecule has 0 saturated heterocycles. The molecule has 1 aromatic heterocycles. The Morgan fingerprint density at radius 1 is 1.12 bits per heavy atom. The Balaban J connectivity index is 1.83. The van der Waals surface area contributed by atoms with Crippen LogP contribution >= 0.6 is 0 Å². The highest BCUT2D eigenvalue weighted by Gasteiger charge is 2.31. The zero-order valence-corrected chi connectivity index (χ0v) is 14.1. The highest BCUT2D eigenvalue weighted by molar-refractivity contribution is 7.92. The minimum Gasteiger partial charge on any atom is -0.408 e. The van der Waals surface area contributed by atoms with Crippen LogP contribution in [-0.2, 0) is 23.5 Å². The first kappa shape index (κ1) is 15.0. The second-order valence-electron chi connectivity index (χ2n) is 6.02. The monoisotopic (exact) mass is 344 g/mol. The van der Waals surface area contributed by atoms with Crippen molar-refractivity contribution in [2.75, 3.05) is 10.8 Å². The lowest BCUT2D eigenvalue weighted by molar-refractivity contribution is 0.527. The SMILES string of the molecule is Cc1ccc2c(c1)CCN2S(=O)(=O)c1ccc2c(c1)oc(=O)n2C. The van der Waals surface area contributed by atoms with E-state index in [4.69, 9.17) is 4.42 Å². The van der Waals surface area contributed by atoms with Gasteiger partial charge in [0.25, 0.3) is 10.0 Å². The molecule has 1 aliphatic heterocycles. The zero-order valence-electron chi connectivity index (χ0n) is 13.3. The smallest absolute Gasteiger partial charge is 0.408 e. The Bertz CT molecular complexity index is 1130. The molecular weight excluding hydrogens is 328 g/mol. The lowest BCUT2D eigenvalue weighted by Gasteiger charge is -2.19. The first-order valence-electron chi connectivity index (χ1n) is 7.60. The quantitative estimate of drug-likeness (QED) is 0.714. The van der Waals surface area contributed by atoms with Crippen LogP contribution in [0.25, 0.3) is 11.1 Å². The van der Waals surface area contributed by atoms with Gasteiger partial charge in [0.1, 0.15) is 0 Å². The average Bonchev–Trinajstić information content (AvgIpc) is 3.08. The van der Waals surface area contributed by atoms with Crippen molar-refractivity contribution in [1.29, 1.82) is 0 Å². The van der Waals surface area contributed by atoms with Gasteiger partial charge in [0.05, 0.1) is 16.1 Å². The summed E-state index contributed by atoms with van der Waals surface area (Å²) < 4.78 is 33.9. The molecule has 0 saturated carbocycles. The molecule has 2 aromatic carbocycles. The van der Waals surface area contributed by atoms with E-state index in [2.05, 4.69) is 0 Å². The van der Waals surface area contributed by atoms with Gasteiger partial charge in [0, 0.05) is 19.7 Å². The number of aryl methyl sites for hydroxylation is 2. The van der Waals surface area contributed by atoms with Crippen molar-refractivity contribution in [3.8, 4) is 0 Å². The molecule has 0 bridgehead atoms. The van der Waals surface area contributed by atoms with Crippen LogP contribution in [0, 0.1) is 6.92 Å². The summed E-state index contributed by atoms with van der Waals surface area (Å²) in [5.41, 5.74) is 3.70. The van der Waals surface area contributed by atoms with Gasteiger partial charge < -0.3 is 4.42 Å². The van der Waals surface area contributed by atoms with E-state index < -0.39 is 15.8 Å². The summed E-state index contributed by atoms with van der Waals surface area (Å²) in [6.07, 6.45) is 0.693. The fourth-order valence-electron chi connectivity index (χ4n) is 3.15. The Labute approximate surface area is 139 Å². The van der Waals surface area contributed by atoms with Gasteiger partial charge in [-0.15, -0.1) is 0 Å². The third-order valence-electron chi connectivity index (χ3n) is 4.44. The second kappa shape index (κ2) is 4.98. The third kappa shape index (κ3) is 2.08. The van der Waals surface area contributed by atoms with E-state index in [1.54, 1.807) is 13.1 Å². The number of anilines is 1. The number of hydrogen-bond acceptors (Lipinski definition) is 4. The highest BCUT2D eigenvalue weighted by Crippen LogP contribution is 2.34. The van der Waals surface area contributed by atoms with Crippen molar-refractivity contribution in [3.05, 3.63) is 58.1 Å². The molecule has 0 atom stereocenters. The van der Waals surface area contributed by atoms with Gasteiger partial charge in [0.2, 0.25) is 0 Å². The molecule has 2 heterocycles. The van der Waals surface area contributed by atoms with Gasteiger partial charge in [-0.3, -0.25) is 8.87 Å². The topological polar surface area (TPSA) is 72.5 Å². The summed E-state index contributed by atoms with van der Waals surface area (Å²) in [7, 11) is -2.11. The molecular formula is C17H16N2O4S. The van der Waals surface area contributed by atoms with Crippen LogP contribution in [0.5, 0.6) is 0 Å². The summed E-state index contributed by atoms with van der Waals surface area (Å²) in [4.78, 5) is 11.7. The molecule has 6 nitrogen and oxygen atoms in total. The zero-order chi connectivity index (χ0) is 17.1. The normalized spacial score (nSPS) is 14.3. The van der Waals surface area contributed by atoms with Crippen LogP contribution in [-0.4, -0.2) is 19.5 Å². The van der Waals surface area contributed by atoms with Crippen LogP contribution in [0.1, 0.15) is 11.1 Å². The van der Waals surface area contributed by atoms with Gasteiger partial charge in [0.15, 0.2) is 5.58 Å². The van der Waals surface area contributed by atoms with Gasteiger partial charge in [-0.05, 0) is 37.1 Å². The maximum absolute atomic E-state index is 13.0. The predicted molar refractivity (Wildman–Crippen MR) is 90.9 cm³/mol. The maximum Gasteiger partial charge on any atom is 0.419 e. The van der Waals surface area contributed by atoms with Crippen molar-refractivity contribution in [2.24, 2.45) is 7.05 Å². The third-order valence-corrected chi connectivity index (χ3v) is 6.25. The van der Waals surface area contributed by atoms with Crippen LogP contribution in [0.3, 0.4) is 0 Å². The van der Waals surface area contributed by atoms with Gasteiger partial charge in [-0.1, -0.05) is 17.7 Å². The number of rotatable bonds is 2. The lowest BCUT2D eigenvalue weighted by Crippen LogP contribution is -2.29. The molecule has 0 amide bonds. The summed E-state index contributed by atoms with van der Waals surface area (Å²) >= 11 is 0. The van der Waals surface area contributed by atoms with Crippen LogP contribution in [0.4, 0.5) is 5.69 Å². The fraction of sp³-hybridized carbons (Fsp3) is 0.235. The van der Waals surface area contributed by atoms with E-state index >= 15 is 0 Å². The first-order chi connectivity index (χ1) is 11.4. The molecule has 7 heteroatoms. The Kier molecular flexibility index (Phi) is 3.11. The largest absolute Gasteiger partial charge is 0.419 e. The summed E-state index contributed by atoms with van der Waals surface area (Å²) in [6, 6.07) is 10.3. The number of oxazole rings is 1. The molecule has 0 unspecified atom stereocenters. The van der Waals surface area contributed by atoms with Crippen molar-refractivity contribution >= 4 is 26.8 Å². The van der Waals surface area contributed by atoms with Crippen molar-refractivity contribution in [2.45, 2.75) is 18.2 Å². The standard InChI is InChI=1S/C17H16N2O4S/c1-11-3-5-14-12(9-11)7-8-19(14)24(21,22)13-4-6-15-16(10-13)23-17(20)18(15)2/h3-6,9-10H,7-8H2,1-2H3. The van der Waals surface area contributed by atoms with Crippen molar-refractivity contribution < 1.29 is 12.8 Å². The number of aromatic nitrogens is 1. The van der Waals surface area contributed by atoms with E-state index in [0.29, 0.717) is 18.5 Å².